The molecule has 1 saturated heterocycles. The van der Waals surface area contributed by atoms with E-state index in [0.29, 0.717) is 44.5 Å². The molecule has 1 fully saturated rings. The molecule has 0 spiro atoms. The monoisotopic (exact) mass is 1060 g/mol. The topological polar surface area (TPSA) is 242 Å². The van der Waals surface area contributed by atoms with E-state index in [1.807, 2.05) is 0 Å². The number of fused-ring (bicyclic) bond motifs is 4. The summed E-state index contributed by atoms with van der Waals surface area (Å²) in [4.78, 5) is 108. The fourth-order valence-corrected chi connectivity index (χ4v) is 9.62. The molecule has 0 unspecified atom stereocenters. The molecule has 9 rings (SSSR count). The predicted molar refractivity (Wildman–Crippen MR) is 266 cm³/mol. The molecule has 0 bridgehead atoms. The van der Waals surface area contributed by atoms with Gasteiger partial charge in [-0.1, -0.05) is 48.5 Å². The summed E-state index contributed by atoms with van der Waals surface area (Å²) in [5.41, 5.74) is 2.69. The van der Waals surface area contributed by atoms with Crippen molar-refractivity contribution in [2.24, 2.45) is 0 Å². The first-order valence-corrected chi connectivity index (χ1v) is 25.3. The lowest BCUT2D eigenvalue weighted by Gasteiger charge is -2.45. The molecule has 4 aromatic carbocycles. The average molecular weight is 1060 g/mol. The van der Waals surface area contributed by atoms with Crippen molar-refractivity contribution in [3.8, 4) is 0 Å². The summed E-state index contributed by atoms with van der Waals surface area (Å²) in [5.74, 6) is -3.17. The van der Waals surface area contributed by atoms with E-state index >= 15 is 0 Å². The van der Waals surface area contributed by atoms with Crippen LogP contribution in [0.2, 0.25) is 0 Å². The highest BCUT2D eigenvalue weighted by atomic mass is 16.7. The number of imide groups is 4. The Morgan fingerprint density at radius 2 is 0.597 bits per heavy atom. The molecule has 22 nitrogen and oxygen atoms in total. The van der Waals surface area contributed by atoms with Gasteiger partial charge >= 0.3 is 0 Å². The second kappa shape index (κ2) is 25.9. The van der Waals surface area contributed by atoms with Gasteiger partial charge in [-0.3, -0.25) is 58.0 Å². The van der Waals surface area contributed by atoms with Crippen LogP contribution in [0.25, 0.3) is 0 Å². The number of benzene rings is 4. The predicted octanol–water partition coefficient (Wildman–Crippen LogP) is 2.78. The van der Waals surface area contributed by atoms with Crippen LogP contribution in [0.3, 0.4) is 0 Å². The maximum absolute atomic E-state index is 12.9. The Kier molecular flexibility index (Phi) is 18.5. The minimum absolute atomic E-state index is 0.0127. The molecule has 4 aromatic rings. The molecule has 5 atom stereocenters. The van der Waals surface area contributed by atoms with Crippen LogP contribution in [-0.2, 0) is 47.4 Å². The van der Waals surface area contributed by atoms with E-state index in [9.17, 15) is 38.4 Å². The van der Waals surface area contributed by atoms with Crippen LogP contribution in [0.4, 0.5) is 0 Å². The quantitative estimate of drug-likeness (QED) is 0.0539. The zero-order valence-corrected chi connectivity index (χ0v) is 42.3. The molecular weight excluding hydrogens is 1000 g/mol. The van der Waals surface area contributed by atoms with Gasteiger partial charge in [-0.15, -0.1) is 0 Å². The van der Waals surface area contributed by atoms with Gasteiger partial charge in [0.2, 0.25) is 0 Å². The number of nitrogens with zero attached hydrogens (tertiary/aromatic N) is 4. The van der Waals surface area contributed by atoms with E-state index in [1.165, 1.54) is 7.11 Å². The van der Waals surface area contributed by atoms with Crippen molar-refractivity contribution in [3.05, 3.63) is 142 Å². The Morgan fingerprint density at radius 1 is 0.338 bits per heavy atom. The average Bonchev–Trinajstić information content (AvgIpc) is 4.05. The van der Waals surface area contributed by atoms with E-state index < -0.39 is 66.1 Å². The minimum Gasteiger partial charge on any atom is -0.377 e. The second-order valence-electron chi connectivity index (χ2n) is 18.0. The molecule has 5 aliphatic rings. The minimum atomic E-state index is -1.05. The van der Waals surface area contributed by atoms with Crippen LogP contribution in [0, 0.1) is 0 Å². The summed E-state index contributed by atoms with van der Waals surface area (Å²) in [7, 11) is 1.43. The molecule has 5 heterocycles. The maximum atomic E-state index is 12.9. The first kappa shape index (κ1) is 54.8. The highest BCUT2D eigenvalue weighted by Crippen LogP contribution is 2.30. The Bertz CT molecular complexity index is 2700. The largest absolute Gasteiger partial charge is 0.377 e. The fraction of sp³-hybridized carbons (Fsp3) is 0.418. The third-order valence-electron chi connectivity index (χ3n) is 13.4. The lowest BCUT2D eigenvalue weighted by Crippen LogP contribution is -2.62. The fourth-order valence-electron chi connectivity index (χ4n) is 9.62. The van der Waals surface area contributed by atoms with E-state index in [-0.39, 0.29) is 124 Å². The smallest absolute Gasteiger partial charge is 0.261 e. The van der Waals surface area contributed by atoms with Gasteiger partial charge in [-0.05, 0) is 48.5 Å². The summed E-state index contributed by atoms with van der Waals surface area (Å²) in [6, 6.07) is 26.4. The third kappa shape index (κ3) is 12.1. The summed E-state index contributed by atoms with van der Waals surface area (Å²) in [6.07, 6.45) is -4.72. The Labute approximate surface area is 442 Å². The molecule has 0 radical (unpaired) electrons. The highest BCUT2D eigenvalue weighted by molar-refractivity contribution is 6.23. The van der Waals surface area contributed by atoms with Gasteiger partial charge in [0, 0.05) is 7.11 Å². The summed E-state index contributed by atoms with van der Waals surface area (Å²) in [6.45, 7) is 0.418. The van der Waals surface area contributed by atoms with Gasteiger partial charge in [0.25, 0.3) is 47.3 Å². The summed E-state index contributed by atoms with van der Waals surface area (Å²) < 4.78 is 61.0. The normalized spacial score (nSPS) is 20.8. The van der Waals surface area contributed by atoms with Gasteiger partial charge in [-0.2, -0.15) is 0 Å². The van der Waals surface area contributed by atoms with E-state index in [2.05, 4.69) is 0 Å². The van der Waals surface area contributed by atoms with Gasteiger partial charge in [0.05, 0.1) is 157 Å². The molecule has 406 valence electrons. The van der Waals surface area contributed by atoms with Crippen LogP contribution in [0.1, 0.15) is 82.9 Å². The lowest BCUT2D eigenvalue weighted by molar-refractivity contribution is -0.320. The highest BCUT2D eigenvalue weighted by Gasteiger charge is 2.49. The first-order valence-electron chi connectivity index (χ1n) is 25.3. The SMILES string of the molecule is CO[C@H]1O[C@H](COCCOCCN2C(=O)c3ccccc3C2=O)[C@@H](OCCOCCN2C(=O)c3ccccc3C2=O)[C@H](OCCOCCN2C(=O)c3ccccc3C2=O)[C@H]1OCCOCCN1C(=O)c2ccccc2C1=O. The summed E-state index contributed by atoms with van der Waals surface area (Å²) in [5, 5.41) is 0. The number of methoxy groups -OCH3 is 1. The van der Waals surface area contributed by atoms with Crippen molar-refractivity contribution in [2.45, 2.75) is 30.7 Å². The number of rotatable bonds is 30. The number of amides is 8. The molecule has 22 heteroatoms. The molecule has 77 heavy (non-hydrogen) atoms. The van der Waals surface area contributed by atoms with Crippen LogP contribution < -0.4 is 0 Å². The van der Waals surface area contributed by atoms with Gasteiger partial charge in [-0.25, -0.2) is 0 Å². The van der Waals surface area contributed by atoms with Crippen LogP contribution >= 0.6 is 0 Å². The molecule has 5 aliphatic heterocycles. The first-order chi connectivity index (χ1) is 37.6. The standard InChI is InChI=1S/C55H58N4O18/c1-68-55-46(76-33-30-72-25-21-59-53(66)41-16-8-9-17-42(41)54(59)67)45(75-32-29-71-24-20-58-51(64)39-14-6-7-15-40(39)52(58)65)44(74-31-28-70-23-19-57-49(62)37-12-4-5-13-38(37)50(57)63)43(77-55)34-73-27-26-69-22-18-56-47(60)35-10-2-3-11-36(35)48(56)61/h2-17,43-46,55H,18-34H2,1H3/t43-,44-,45+,46-,55+/m1/s1. The third-order valence-corrected chi connectivity index (χ3v) is 13.4. The van der Waals surface area contributed by atoms with E-state index in [0.717, 1.165) is 19.6 Å². The van der Waals surface area contributed by atoms with Crippen molar-refractivity contribution in [1.29, 1.82) is 0 Å². The van der Waals surface area contributed by atoms with E-state index in [4.69, 9.17) is 47.4 Å². The molecule has 8 amide bonds. The molecular formula is C55H58N4O18. The molecule has 0 aromatic heterocycles. The number of ether oxygens (including phenoxy) is 10. The number of carbonyl (C=O) groups excluding carboxylic acids is 8. The van der Waals surface area contributed by atoms with Gasteiger partial charge in [0.1, 0.15) is 24.4 Å². The number of hydrogen-bond acceptors (Lipinski definition) is 18. The Morgan fingerprint density at radius 3 is 0.896 bits per heavy atom. The summed E-state index contributed by atoms with van der Waals surface area (Å²) >= 11 is 0. The van der Waals surface area contributed by atoms with Crippen molar-refractivity contribution in [2.75, 3.05) is 119 Å². The van der Waals surface area contributed by atoms with Crippen molar-refractivity contribution >= 4 is 47.3 Å². The van der Waals surface area contributed by atoms with Crippen molar-refractivity contribution in [1.82, 2.24) is 19.6 Å². The number of hydrogen-bond donors (Lipinski definition) is 0. The Balaban J connectivity index is 0.818. The van der Waals surface area contributed by atoms with Crippen LogP contribution in [-0.4, -0.2) is 217 Å². The van der Waals surface area contributed by atoms with Gasteiger partial charge < -0.3 is 47.4 Å². The van der Waals surface area contributed by atoms with Crippen molar-refractivity contribution in [3.63, 3.8) is 0 Å². The lowest BCUT2D eigenvalue weighted by atomic mass is 9.98. The maximum Gasteiger partial charge on any atom is 0.261 e. The van der Waals surface area contributed by atoms with Crippen LogP contribution in [0.15, 0.2) is 97.1 Å². The zero-order valence-electron chi connectivity index (χ0n) is 42.3. The zero-order chi connectivity index (χ0) is 53.8. The van der Waals surface area contributed by atoms with Gasteiger partial charge in [0.15, 0.2) is 6.29 Å². The second-order valence-corrected chi connectivity index (χ2v) is 18.0. The van der Waals surface area contributed by atoms with E-state index in [1.54, 1.807) is 97.1 Å². The van der Waals surface area contributed by atoms with Crippen LogP contribution in [0.5, 0.6) is 0 Å². The number of carbonyl (C=O) groups is 8. The molecule has 0 aliphatic carbocycles. The molecule has 0 N–H and O–H groups in total. The van der Waals surface area contributed by atoms with Crippen molar-refractivity contribution < 1.29 is 85.7 Å². The molecule has 0 saturated carbocycles. The Hall–Kier alpha value is -6.96.